The van der Waals surface area contributed by atoms with Gasteiger partial charge in [-0.15, -0.1) is 0 Å². The van der Waals surface area contributed by atoms with Crippen molar-refractivity contribution in [2.24, 2.45) is 5.92 Å². The van der Waals surface area contributed by atoms with Gasteiger partial charge in [-0.2, -0.15) is 16.9 Å². The van der Waals surface area contributed by atoms with Crippen molar-refractivity contribution in [2.75, 3.05) is 5.75 Å². The lowest BCUT2D eigenvalue weighted by atomic mass is 10.3. The Bertz CT molecular complexity index is 249. The number of aromatic amines is 1. The molecule has 13 heavy (non-hydrogen) atoms. The maximum atomic E-state index is 8.71. The lowest BCUT2D eigenvalue weighted by molar-refractivity contribution is 0.272. The summed E-state index contributed by atoms with van der Waals surface area (Å²) in [5.41, 5.74) is 0. The Morgan fingerprint density at radius 2 is 2.31 bits per heavy atom. The largest absolute Gasteiger partial charge is 0.388 e. The molecule has 74 valence electrons. The van der Waals surface area contributed by atoms with Crippen LogP contribution in [0.4, 0.5) is 0 Å². The lowest BCUT2D eigenvalue weighted by Crippen LogP contribution is -1.93. The molecule has 2 N–H and O–H groups in total. The average molecular weight is 201 g/mol. The molecule has 0 bridgehead atoms. The molecular formula is C8H15N3OS. The minimum absolute atomic E-state index is 0.0919. The quantitative estimate of drug-likeness (QED) is 0.751. The van der Waals surface area contributed by atoms with Crippen LogP contribution < -0.4 is 0 Å². The first-order valence-corrected chi connectivity index (χ1v) is 5.46. The smallest absolute Gasteiger partial charge is 0.176 e. The van der Waals surface area contributed by atoms with Gasteiger partial charge in [0.2, 0.25) is 0 Å². The van der Waals surface area contributed by atoms with Crippen LogP contribution in [0.25, 0.3) is 0 Å². The fraction of sp³-hybridized carbons (Fsp3) is 0.750. The van der Waals surface area contributed by atoms with Gasteiger partial charge in [0.15, 0.2) is 5.82 Å². The summed E-state index contributed by atoms with van der Waals surface area (Å²) < 4.78 is 0. The first-order chi connectivity index (χ1) is 6.22. The van der Waals surface area contributed by atoms with E-state index in [1.165, 1.54) is 0 Å². The number of hydrogen-bond acceptors (Lipinski definition) is 4. The van der Waals surface area contributed by atoms with E-state index in [0.29, 0.717) is 11.7 Å². The molecule has 4 nitrogen and oxygen atoms in total. The Balaban J connectivity index is 2.28. The SMILES string of the molecule is CC(C)CSCc1nc(CO)n[nH]1. The second kappa shape index (κ2) is 5.24. The number of nitrogens with zero attached hydrogens (tertiary/aromatic N) is 2. The highest BCUT2D eigenvalue weighted by molar-refractivity contribution is 7.98. The summed E-state index contributed by atoms with van der Waals surface area (Å²) >= 11 is 1.82. The highest BCUT2D eigenvalue weighted by Crippen LogP contribution is 2.12. The zero-order valence-electron chi connectivity index (χ0n) is 7.95. The molecule has 0 amide bonds. The van der Waals surface area contributed by atoms with Gasteiger partial charge >= 0.3 is 0 Å². The van der Waals surface area contributed by atoms with Crippen molar-refractivity contribution in [1.82, 2.24) is 15.2 Å². The van der Waals surface area contributed by atoms with Crippen LogP contribution in [0.3, 0.4) is 0 Å². The van der Waals surface area contributed by atoms with Gasteiger partial charge in [-0.1, -0.05) is 13.8 Å². The molecule has 0 aliphatic rings. The lowest BCUT2D eigenvalue weighted by Gasteiger charge is -2.01. The second-order valence-electron chi connectivity index (χ2n) is 3.27. The van der Waals surface area contributed by atoms with Gasteiger partial charge in [0, 0.05) is 0 Å². The van der Waals surface area contributed by atoms with Crippen LogP contribution in [0.1, 0.15) is 25.5 Å². The molecule has 0 fully saturated rings. The number of aromatic nitrogens is 3. The van der Waals surface area contributed by atoms with E-state index in [4.69, 9.17) is 5.11 Å². The van der Waals surface area contributed by atoms with Crippen molar-refractivity contribution in [3.8, 4) is 0 Å². The van der Waals surface area contributed by atoms with E-state index in [9.17, 15) is 0 Å². The fourth-order valence-corrected chi connectivity index (χ4v) is 1.77. The molecule has 0 radical (unpaired) electrons. The van der Waals surface area contributed by atoms with Crippen LogP contribution in [0.15, 0.2) is 0 Å². The van der Waals surface area contributed by atoms with Crippen LogP contribution in [-0.4, -0.2) is 26.0 Å². The molecule has 1 rings (SSSR count). The van der Waals surface area contributed by atoms with Crippen molar-refractivity contribution >= 4 is 11.8 Å². The summed E-state index contributed by atoms with van der Waals surface area (Å²) in [6.45, 7) is 4.28. The van der Waals surface area contributed by atoms with Gasteiger partial charge in [-0.05, 0) is 11.7 Å². The number of aliphatic hydroxyl groups excluding tert-OH is 1. The zero-order valence-corrected chi connectivity index (χ0v) is 8.77. The first-order valence-electron chi connectivity index (χ1n) is 4.31. The van der Waals surface area contributed by atoms with Crippen LogP contribution in [0.2, 0.25) is 0 Å². The van der Waals surface area contributed by atoms with Crippen molar-refractivity contribution in [2.45, 2.75) is 26.2 Å². The standard InChI is InChI=1S/C8H15N3OS/c1-6(2)4-13-5-8-9-7(3-12)10-11-8/h6,12H,3-5H2,1-2H3,(H,9,10,11). The van der Waals surface area contributed by atoms with E-state index in [1.807, 2.05) is 11.8 Å². The van der Waals surface area contributed by atoms with Gasteiger partial charge < -0.3 is 5.11 Å². The van der Waals surface area contributed by atoms with Crippen molar-refractivity contribution < 1.29 is 5.11 Å². The normalized spacial score (nSPS) is 11.1. The van der Waals surface area contributed by atoms with E-state index in [-0.39, 0.29) is 6.61 Å². The van der Waals surface area contributed by atoms with Crippen LogP contribution >= 0.6 is 11.8 Å². The van der Waals surface area contributed by atoms with Crippen LogP contribution in [0.5, 0.6) is 0 Å². The van der Waals surface area contributed by atoms with Crippen molar-refractivity contribution in [3.63, 3.8) is 0 Å². The number of thioether (sulfide) groups is 1. The number of aliphatic hydroxyl groups is 1. The molecule has 0 atom stereocenters. The third-order valence-electron chi connectivity index (χ3n) is 1.41. The maximum Gasteiger partial charge on any atom is 0.176 e. The van der Waals surface area contributed by atoms with Gasteiger partial charge in [-0.25, -0.2) is 4.98 Å². The highest BCUT2D eigenvalue weighted by Gasteiger charge is 2.02. The van der Waals surface area contributed by atoms with E-state index >= 15 is 0 Å². The number of nitrogens with one attached hydrogen (secondary N) is 1. The molecule has 0 aromatic carbocycles. The third-order valence-corrected chi connectivity index (χ3v) is 2.79. The molecule has 5 heteroatoms. The predicted octanol–water partition coefficient (Wildman–Crippen LogP) is 1.19. The monoisotopic (exact) mass is 201 g/mol. The Hall–Kier alpha value is -0.550. The summed E-state index contributed by atoms with van der Waals surface area (Å²) in [4.78, 5) is 4.09. The topological polar surface area (TPSA) is 61.8 Å². The summed E-state index contributed by atoms with van der Waals surface area (Å²) in [5, 5.41) is 15.3. The summed E-state index contributed by atoms with van der Waals surface area (Å²) in [7, 11) is 0. The average Bonchev–Trinajstić information content (AvgIpc) is 2.52. The third kappa shape index (κ3) is 3.78. The van der Waals surface area contributed by atoms with E-state index in [2.05, 4.69) is 29.0 Å². The van der Waals surface area contributed by atoms with Crippen molar-refractivity contribution in [1.29, 1.82) is 0 Å². The zero-order chi connectivity index (χ0) is 9.68. The maximum absolute atomic E-state index is 8.71. The van der Waals surface area contributed by atoms with Crippen molar-refractivity contribution in [3.05, 3.63) is 11.6 Å². The Morgan fingerprint density at radius 1 is 1.54 bits per heavy atom. The summed E-state index contributed by atoms with van der Waals surface area (Å²) in [6.07, 6.45) is 0. The molecule has 0 aliphatic carbocycles. The Labute approximate surface area is 82.2 Å². The van der Waals surface area contributed by atoms with Crippen LogP contribution in [-0.2, 0) is 12.4 Å². The van der Waals surface area contributed by atoms with E-state index < -0.39 is 0 Å². The molecule has 0 saturated carbocycles. The minimum Gasteiger partial charge on any atom is -0.388 e. The van der Waals surface area contributed by atoms with Crippen LogP contribution in [0, 0.1) is 5.92 Å². The van der Waals surface area contributed by atoms with Gasteiger partial charge in [0.25, 0.3) is 0 Å². The Morgan fingerprint density at radius 3 is 2.85 bits per heavy atom. The molecule has 0 unspecified atom stereocenters. The first kappa shape index (κ1) is 10.5. The molecule has 0 aliphatic heterocycles. The Kier molecular flexibility index (Phi) is 4.24. The minimum atomic E-state index is -0.0919. The predicted molar refractivity (Wildman–Crippen MR) is 53.3 cm³/mol. The van der Waals surface area contributed by atoms with E-state index in [0.717, 1.165) is 17.3 Å². The summed E-state index contributed by atoms with van der Waals surface area (Å²) in [5.74, 6) is 3.97. The molecule has 1 aromatic rings. The number of H-pyrrole nitrogens is 1. The molecule has 0 spiro atoms. The van der Waals surface area contributed by atoms with Gasteiger partial charge in [0.05, 0.1) is 5.75 Å². The fourth-order valence-electron chi connectivity index (χ4n) is 0.861. The molecule has 1 heterocycles. The number of rotatable bonds is 5. The second-order valence-corrected chi connectivity index (χ2v) is 4.30. The molecule has 0 saturated heterocycles. The van der Waals surface area contributed by atoms with Gasteiger partial charge in [0.1, 0.15) is 12.4 Å². The number of hydrogen-bond donors (Lipinski definition) is 2. The molecular weight excluding hydrogens is 186 g/mol. The van der Waals surface area contributed by atoms with E-state index in [1.54, 1.807) is 0 Å². The van der Waals surface area contributed by atoms with Gasteiger partial charge in [-0.3, -0.25) is 5.10 Å². The summed E-state index contributed by atoms with van der Waals surface area (Å²) in [6, 6.07) is 0. The molecule has 1 aromatic heterocycles. The highest BCUT2D eigenvalue weighted by atomic mass is 32.2.